The van der Waals surface area contributed by atoms with Gasteiger partial charge >= 0.3 is 5.97 Å². The van der Waals surface area contributed by atoms with Crippen molar-refractivity contribution >= 4 is 5.97 Å². The molecule has 8 rings (SSSR count). The van der Waals surface area contributed by atoms with Crippen molar-refractivity contribution < 1.29 is 89.4 Å². The number of carboxylic acids is 1. The Morgan fingerprint density at radius 3 is 1.83 bits per heavy atom. The number of hydrogen-bond acceptors (Lipinski definition) is 17. The van der Waals surface area contributed by atoms with E-state index in [1.54, 1.807) is 0 Å². The summed E-state index contributed by atoms with van der Waals surface area (Å²) in [6, 6.07) is 0. The Labute approximate surface area is 380 Å². The average Bonchev–Trinajstić information content (AvgIpc) is 3.26. The van der Waals surface area contributed by atoms with Crippen LogP contribution in [0.5, 0.6) is 0 Å². The molecule has 7 fully saturated rings. The second kappa shape index (κ2) is 18.1. The maximum absolute atomic E-state index is 13.1. The molecule has 3 heterocycles. The van der Waals surface area contributed by atoms with Gasteiger partial charge in [-0.1, -0.05) is 53.2 Å². The van der Waals surface area contributed by atoms with Crippen molar-refractivity contribution in [1.29, 1.82) is 0 Å². The molecule has 372 valence electrons. The van der Waals surface area contributed by atoms with Gasteiger partial charge in [0.2, 0.25) is 0 Å². The molecule has 24 atom stereocenters. The number of rotatable bonds is 10. The van der Waals surface area contributed by atoms with Crippen LogP contribution in [0.15, 0.2) is 11.6 Å². The van der Waals surface area contributed by atoms with Gasteiger partial charge in [0.1, 0.15) is 73.2 Å². The van der Waals surface area contributed by atoms with Gasteiger partial charge < -0.3 is 84.6 Å². The van der Waals surface area contributed by atoms with Crippen LogP contribution in [0.25, 0.3) is 0 Å². The first-order valence-corrected chi connectivity index (χ1v) is 24.0. The Morgan fingerprint density at radius 1 is 0.646 bits per heavy atom. The van der Waals surface area contributed by atoms with Gasteiger partial charge in [-0.25, -0.2) is 0 Å². The van der Waals surface area contributed by atoms with Gasteiger partial charge in [0, 0.05) is 0 Å². The molecule has 65 heavy (non-hydrogen) atoms. The van der Waals surface area contributed by atoms with Gasteiger partial charge in [-0.2, -0.15) is 0 Å². The van der Waals surface area contributed by atoms with E-state index < -0.39 is 129 Å². The van der Waals surface area contributed by atoms with E-state index in [2.05, 4.69) is 47.6 Å². The summed E-state index contributed by atoms with van der Waals surface area (Å²) in [4.78, 5) is 13.1. The number of ether oxygens (including phenoxy) is 6. The predicted molar refractivity (Wildman–Crippen MR) is 226 cm³/mol. The number of aliphatic hydroxyl groups excluding tert-OH is 10. The van der Waals surface area contributed by atoms with Gasteiger partial charge in [0.25, 0.3) is 0 Å². The number of carboxylic acid groups (broad SMARTS) is 1. The standard InChI is InChI=1S/C47H76O18/c1-21-22-9-12-46(6)29(8-7-23-24-17-43(2,3)13-15-47(24,42(58)59)16-14-45(23,46)5)44(22,4)11-10-25(21)60-41-38(33(54)31(52)27(19-49)62-41)65-40-36(57)34(55)37(28(20-50)63-40)64-39-35(56)32(53)30(51)26(18-48)61-39/h7,21-22,24-41,48-57H,8-20H2,1-6H3,(H,58,59). The zero-order valence-corrected chi connectivity index (χ0v) is 38.6. The Kier molecular flexibility index (Phi) is 13.9. The van der Waals surface area contributed by atoms with Gasteiger partial charge in [0.15, 0.2) is 18.9 Å². The molecular weight excluding hydrogens is 852 g/mol. The number of hydrogen-bond donors (Lipinski definition) is 11. The van der Waals surface area contributed by atoms with Crippen molar-refractivity contribution in [2.75, 3.05) is 19.8 Å². The van der Waals surface area contributed by atoms with E-state index in [0.29, 0.717) is 25.2 Å². The van der Waals surface area contributed by atoms with E-state index in [0.717, 1.165) is 44.9 Å². The zero-order chi connectivity index (χ0) is 47.3. The second-order valence-corrected chi connectivity index (χ2v) is 22.6. The lowest BCUT2D eigenvalue weighted by Gasteiger charge is -2.70. The van der Waals surface area contributed by atoms with E-state index in [-0.39, 0.29) is 39.4 Å². The van der Waals surface area contributed by atoms with Crippen molar-refractivity contribution in [3.05, 3.63) is 11.6 Å². The van der Waals surface area contributed by atoms with Crippen molar-refractivity contribution in [2.45, 2.75) is 204 Å². The highest BCUT2D eigenvalue weighted by Gasteiger charge is 2.68. The Morgan fingerprint density at radius 2 is 1.20 bits per heavy atom. The SMILES string of the molecule is CC1C(OC2OC(CO)C(O)C(O)C2OC2OC(CO)C(OC3OC(CO)C(O)C(O)C3O)C(O)C2O)CCC2(C)C1CCC1(C)C2CC=C2C3CC(C)(C)CCC3(C(=O)O)CCC21C. The number of fused-ring (bicyclic) bond motifs is 7. The highest BCUT2D eigenvalue weighted by atomic mass is 16.8. The molecule has 4 saturated carbocycles. The lowest BCUT2D eigenvalue weighted by Crippen LogP contribution is -2.67. The zero-order valence-electron chi connectivity index (χ0n) is 38.6. The summed E-state index contributed by atoms with van der Waals surface area (Å²) in [7, 11) is 0. The van der Waals surface area contributed by atoms with Crippen LogP contribution in [-0.4, -0.2) is 180 Å². The summed E-state index contributed by atoms with van der Waals surface area (Å²) in [5, 5.41) is 117. The topological polar surface area (TPSA) is 295 Å². The van der Waals surface area contributed by atoms with Crippen molar-refractivity contribution in [1.82, 2.24) is 0 Å². The first-order chi connectivity index (χ1) is 30.5. The quantitative estimate of drug-likeness (QED) is 0.104. The Bertz CT molecular complexity index is 1750. The van der Waals surface area contributed by atoms with E-state index in [1.807, 2.05) is 0 Å². The molecule has 0 aromatic rings. The summed E-state index contributed by atoms with van der Waals surface area (Å²) < 4.78 is 35.9. The van der Waals surface area contributed by atoms with Gasteiger partial charge in [-0.15, -0.1) is 0 Å². The number of carbonyl (C=O) groups is 1. The smallest absolute Gasteiger partial charge is 0.310 e. The number of aliphatic hydroxyl groups is 10. The van der Waals surface area contributed by atoms with Gasteiger partial charge in [0.05, 0.1) is 31.3 Å². The average molecular weight is 929 g/mol. The minimum atomic E-state index is -1.93. The Balaban J connectivity index is 0.988. The molecule has 0 radical (unpaired) electrons. The van der Waals surface area contributed by atoms with Crippen LogP contribution in [0.3, 0.4) is 0 Å². The van der Waals surface area contributed by atoms with E-state index >= 15 is 0 Å². The third-order valence-electron chi connectivity index (χ3n) is 19.0. The fourth-order valence-corrected chi connectivity index (χ4v) is 14.7. The molecule has 0 amide bonds. The van der Waals surface area contributed by atoms with E-state index in [4.69, 9.17) is 28.4 Å². The van der Waals surface area contributed by atoms with Crippen LogP contribution in [0.1, 0.15) is 106 Å². The largest absolute Gasteiger partial charge is 0.481 e. The molecule has 0 aromatic heterocycles. The molecule has 18 heteroatoms. The van der Waals surface area contributed by atoms with Crippen LogP contribution < -0.4 is 0 Å². The molecule has 3 aliphatic heterocycles. The first-order valence-electron chi connectivity index (χ1n) is 24.0. The lowest BCUT2D eigenvalue weighted by molar-refractivity contribution is -0.389. The summed E-state index contributed by atoms with van der Waals surface area (Å²) in [6.07, 6.45) is -14.3. The van der Waals surface area contributed by atoms with Gasteiger partial charge in [-0.3, -0.25) is 4.79 Å². The number of aliphatic carboxylic acids is 1. The van der Waals surface area contributed by atoms with Crippen molar-refractivity contribution in [3.63, 3.8) is 0 Å². The highest BCUT2D eigenvalue weighted by molar-refractivity contribution is 5.76. The summed E-state index contributed by atoms with van der Waals surface area (Å²) >= 11 is 0. The molecule has 0 spiro atoms. The second-order valence-electron chi connectivity index (χ2n) is 22.6. The Hall–Kier alpha value is -1.43. The fraction of sp³-hybridized carbons (Fsp3) is 0.936. The van der Waals surface area contributed by atoms with Crippen LogP contribution >= 0.6 is 0 Å². The molecule has 24 unspecified atom stereocenters. The minimum absolute atomic E-state index is 0.0140. The van der Waals surface area contributed by atoms with Crippen molar-refractivity contribution in [3.8, 4) is 0 Å². The normalized spacial score (nSPS) is 54.3. The van der Waals surface area contributed by atoms with E-state index in [9.17, 15) is 61.0 Å². The third kappa shape index (κ3) is 7.98. The lowest BCUT2D eigenvalue weighted by atomic mass is 9.34. The minimum Gasteiger partial charge on any atom is -0.481 e. The van der Waals surface area contributed by atoms with Crippen LogP contribution in [0.2, 0.25) is 0 Å². The van der Waals surface area contributed by atoms with Gasteiger partial charge in [-0.05, 0) is 110 Å². The summed E-state index contributed by atoms with van der Waals surface area (Å²) in [5.74, 6) is -0.0900. The molecule has 18 nitrogen and oxygen atoms in total. The molecule has 8 aliphatic rings. The van der Waals surface area contributed by atoms with E-state index in [1.165, 1.54) is 5.57 Å². The monoisotopic (exact) mass is 929 g/mol. The third-order valence-corrected chi connectivity index (χ3v) is 19.0. The maximum Gasteiger partial charge on any atom is 0.310 e. The molecule has 0 aromatic carbocycles. The summed E-state index contributed by atoms with van der Waals surface area (Å²) in [5.41, 5.74) is 0.437. The molecule has 3 saturated heterocycles. The molecule has 5 aliphatic carbocycles. The fourth-order valence-electron chi connectivity index (χ4n) is 14.7. The molecular formula is C47H76O18. The molecule has 11 N–H and O–H groups in total. The predicted octanol–water partition coefficient (Wildman–Crippen LogP) is 0.316. The van der Waals surface area contributed by atoms with Crippen LogP contribution in [0.4, 0.5) is 0 Å². The van der Waals surface area contributed by atoms with Crippen molar-refractivity contribution in [2.24, 2.45) is 50.7 Å². The van der Waals surface area contributed by atoms with Crippen LogP contribution in [0, 0.1) is 50.7 Å². The maximum atomic E-state index is 13.1. The highest BCUT2D eigenvalue weighted by Crippen LogP contribution is 2.75. The summed E-state index contributed by atoms with van der Waals surface area (Å²) in [6.45, 7) is 11.8. The molecule has 0 bridgehead atoms. The van der Waals surface area contributed by atoms with Crippen LogP contribution in [-0.2, 0) is 33.2 Å². The first kappa shape index (κ1) is 50.0. The number of allylic oxidation sites excluding steroid dienone is 2.